The van der Waals surface area contributed by atoms with E-state index in [0.717, 1.165) is 19.3 Å². The van der Waals surface area contributed by atoms with E-state index >= 15 is 0 Å². The predicted molar refractivity (Wildman–Crippen MR) is 113 cm³/mol. The van der Waals surface area contributed by atoms with E-state index in [1.54, 1.807) is 20.8 Å². The maximum atomic E-state index is 13.1. The van der Waals surface area contributed by atoms with Crippen molar-refractivity contribution in [3.05, 3.63) is 11.5 Å². The maximum Gasteiger partial charge on any atom is 0.311 e. The largest absolute Gasteiger partial charge is 0.452 e. The molecule has 1 aliphatic heterocycles. The maximum absolute atomic E-state index is 13.1. The summed E-state index contributed by atoms with van der Waals surface area (Å²) in [5.74, 6) is -0.833. The Balaban J connectivity index is 1.59. The van der Waals surface area contributed by atoms with E-state index in [-0.39, 0.29) is 29.1 Å². The number of nitrogens with one attached hydrogen (secondary N) is 1. The van der Waals surface area contributed by atoms with Gasteiger partial charge in [0.25, 0.3) is 5.91 Å². The average Bonchev–Trinajstić information content (AvgIpc) is 3.08. The Morgan fingerprint density at radius 1 is 1.19 bits per heavy atom. The van der Waals surface area contributed by atoms with Crippen molar-refractivity contribution in [2.24, 2.45) is 11.8 Å². The first-order valence-corrected chi connectivity index (χ1v) is 12.5. The summed E-state index contributed by atoms with van der Waals surface area (Å²) in [6.07, 6.45) is 4.40. The summed E-state index contributed by atoms with van der Waals surface area (Å²) in [6.45, 7) is 7.13. The summed E-state index contributed by atoms with van der Waals surface area (Å²) < 4.78 is 37.8. The van der Waals surface area contributed by atoms with E-state index in [0.29, 0.717) is 31.0 Å². The molecule has 0 bridgehead atoms. The molecule has 174 valence electrons. The van der Waals surface area contributed by atoms with E-state index < -0.39 is 28.0 Å². The second-order valence-corrected chi connectivity index (χ2v) is 10.7. The van der Waals surface area contributed by atoms with E-state index in [2.05, 4.69) is 17.4 Å². The molecule has 1 saturated carbocycles. The van der Waals surface area contributed by atoms with Gasteiger partial charge in [-0.25, -0.2) is 8.42 Å². The second-order valence-electron chi connectivity index (χ2n) is 8.81. The van der Waals surface area contributed by atoms with Crippen LogP contribution in [0, 0.1) is 25.7 Å². The van der Waals surface area contributed by atoms with Crippen LogP contribution in [0.4, 0.5) is 0 Å². The topological polar surface area (TPSA) is 119 Å². The lowest BCUT2D eigenvalue weighted by atomic mass is 9.86. The Bertz CT molecular complexity index is 893. The summed E-state index contributed by atoms with van der Waals surface area (Å²) in [7, 11) is -3.83. The normalized spacial score (nSPS) is 26.3. The fourth-order valence-corrected chi connectivity index (χ4v) is 6.29. The van der Waals surface area contributed by atoms with Crippen LogP contribution in [0.3, 0.4) is 0 Å². The summed E-state index contributed by atoms with van der Waals surface area (Å²) >= 11 is 0. The van der Waals surface area contributed by atoms with Gasteiger partial charge in [-0.3, -0.25) is 9.59 Å². The summed E-state index contributed by atoms with van der Waals surface area (Å²) in [5.41, 5.74) is 0.296. The Kier molecular flexibility index (Phi) is 7.41. The minimum atomic E-state index is -3.83. The minimum Gasteiger partial charge on any atom is -0.452 e. The van der Waals surface area contributed by atoms with Crippen LogP contribution in [0.5, 0.6) is 0 Å². The molecular weight excluding hydrogens is 422 g/mol. The molecule has 2 fully saturated rings. The number of nitrogens with zero attached hydrogens (tertiary/aromatic N) is 2. The van der Waals surface area contributed by atoms with Crippen molar-refractivity contribution in [2.45, 2.75) is 83.3 Å². The van der Waals surface area contributed by atoms with Crippen molar-refractivity contribution >= 4 is 21.9 Å². The van der Waals surface area contributed by atoms with Gasteiger partial charge in [0.15, 0.2) is 11.9 Å². The number of hydrogen-bond acceptors (Lipinski definition) is 7. The van der Waals surface area contributed by atoms with Crippen LogP contribution in [0.1, 0.15) is 63.8 Å². The van der Waals surface area contributed by atoms with Crippen LogP contribution in [-0.2, 0) is 24.3 Å². The van der Waals surface area contributed by atoms with Gasteiger partial charge in [0.05, 0.1) is 5.92 Å². The molecule has 1 aromatic heterocycles. The Labute approximate surface area is 183 Å². The molecule has 4 atom stereocenters. The second kappa shape index (κ2) is 9.68. The highest BCUT2D eigenvalue weighted by molar-refractivity contribution is 7.89. The smallest absolute Gasteiger partial charge is 0.311 e. The molecule has 3 rings (SSSR count). The van der Waals surface area contributed by atoms with Crippen molar-refractivity contribution in [3.8, 4) is 0 Å². The molecule has 0 spiro atoms. The van der Waals surface area contributed by atoms with Crippen LogP contribution < -0.4 is 5.32 Å². The van der Waals surface area contributed by atoms with Crippen molar-refractivity contribution in [2.75, 3.05) is 13.1 Å². The van der Waals surface area contributed by atoms with E-state index in [9.17, 15) is 18.0 Å². The zero-order valence-corrected chi connectivity index (χ0v) is 19.5. The third-order valence-corrected chi connectivity index (χ3v) is 8.49. The van der Waals surface area contributed by atoms with Crippen molar-refractivity contribution < 1.29 is 27.3 Å². The molecule has 1 aliphatic carbocycles. The monoisotopic (exact) mass is 455 g/mol. The lowest BCUT2D eigenvalue weighted by molar-refractivity contribution is -0.160. The molecule has 2 heterocycles. The van der Waals surface area contributed by atoms with Crippen LogP contribution in [-0.4, -0.2) is 55.0 Å². The average molecular weight is 456 g/mol. The molecule has 10 heteroatoms. The first-order chi connectivity index (χ1) is 14.6. The molecule has 1 saturated heterocycles. The molecule has 1 aromatic rings. The number of amides is 1. The number of rotatable bonds is 6. The third kappa shape index (κ3) is 5.28. The minimum absolute atomic E-state index is 0.0131. The zero-order valence-electron chi connectivity index (χ0n) is 18.7. The SMILES string of the molecule is Cc1noc(C)c1S(=O)(=O)N1CCCC(C(=O)OC(C)C(=O)NC2CCCCC2C)C1. The van der Waals surface area contributed by atoms with Crippen molar-refractivity contribution in [3.63, 3.8) is 0 Å². The number of ether oxygens (including phenoxy) is 1. The predicted octanol–water partition coefficient (Wildman–Crippen LogP) is 2.32. The lowest BCUT2D eigenvalue weighted by Gasteiger charge is -2.32. The van der Waals surface area contributed by atoms with E-state index in [1.165, 1.54) is 10.7 Å². The molecule has 4 unspecified atom stereocenters. The Morgan fingerprint density at radius 2 is 1.90 bits per heavy atom. The fourth-order valence-electron chi connectivity index (χ4n) is 4.48. The van der Waals surface area contributed by atoms with Gasteiger partial charge in [0.1, 0.15) is 10.6 Å². The number of piperidine rings is 1. The number of aromatic nitrogens is 1. The van der Waals surface area contributed by atoms with Gasteiger partial charge in [0.2, 0.25) is 10.0 Å². The number of sulfonamides is 1. The highest BCUT2D eigenvalue weighted by Crippen LogP contribution is 2.28. The van der Waals surface area contributed by atoms with Gasteiger partial charge in [0, 0.05) is 19.1 Å². The van der Waals surface area contributed by atoms with E-state index in [1.807, 2.05) is 0 Å². The van der Waals surface area contributed by atoms with Crippen LogP contribution in [0.25, 0.3) is 0 Å². The quantitative estimate of drug-likeness (QED) is 0.654. The molecule has 1 N–H and O–H groups in total. The summed E-state index contributed by atoms with van der Waals surface area (Å²) in [6, 6.07) is 0.104. The highest BCUT2D eigenvalue weighted by Gasteiger charge is 2.38. The molecule has 31 heavy (non-hydrogen) atoms. The first kappa shape index (κ1) is 23.7. The first-order valence-electron chi connectivity index (χ1n) is 11.0. The van der Waals surface area contributed by atoms with Crippen molar-refractivity contribution in [1.29, 1.82) is 0 Å². The van der Waals surface area contributed by atoms with Crippen LogP contribution >= 0.6 is 0 Å². The van der Waals surface area contributed by atoms with Gasteiger partial charge in [-0.2, -0.15) is 4.31 Å². The van der Waals surface area contributed by atoms with Crippen LogP contribution in [0.2, 0.25) is 0 Å². The molecule has 0 aromatic carbocycles. The van der Waals surface area contributed by atoms with Gasteiger partial charge in [-0.15, -0.1) is 0 Å². The number of carbonyl (C=O) groups excluding carboxylic acids is 2. The standard InChI is InChI=1S/C21H33N3O6S/c1-13-8-5-6-10-18(13)22-20(25)16(4)29-21(26)17-9-7-11-24(12-17)31(27,28)19-14(2)23-30-15(19)3/h13,16-18H,5-12H2,1-4H3,(H,22,25). The Hall–Kier alpha value is -1.94. The van der Waals surface area contributed by atoms with E-state index in [4.69, 9.17) is 9.26 Å². The van der Waals surface area contributed by atoms with Gasteiger partial charge >= 0.3 is 5.97 Å². The molecule has 2 aliphatic rings. The van der Waals surface area contributed by atoms with Gasteiger partial charge < -0.3 is 14.6 Å². The summed E-state index contributed by atoms with van der Waals surface area (Å²) in [4.78, 5) is 25.3. The zero-order chi connectivity index (χ0) is 22.8. The molecule has 1 amide bonds. The molecule has 0 radical (unpaired) electrons. The summed E-state index contributed by atoms with van der Waals surface area (Å²) in [5, 5.41) is 6.73. The van der Waals surface area contributed by atoms with Crippen LogP contribution in [0.15, 0.2) is 9.42 Å². The van der Waals surface area contributed by atoms with Crippen molar-refractivity contribution in [1.82, 2.24) is 14.8 Å². The fraction of sp³-hybridized carbons (Fsp3) is 0.762. The number of aryl methyl sites for hydroxylation is 2. The highest BCUT2D eigenvalue weighted by atomic mass is 32.2. The van der Waals surface area contributed by atoms with Gasteiger partial charge in [-0.1, -0.05) is 24.9 Å². The lowest BCUT2D eigenvalue weighted by Crippen LogP contribution is -2.47. The molecular formula is C21H33N3O6S. The number of hydrogen-bond donors (Lipinski definition) is 1. The number of carbonyl (C=O) groups is 2. The third-order valence-electron chi connectivity index (χ3n) is 6.38. The Morgan fingerprint density at radius 3 is 2.55 bits per heavy atom. The number of esters is 1. The van der Waals surface area contributed by atoms with Gasteiger partial charge in [-0.05, 0) is 52.4 Å². The molecule has 9 nitrogen and oxygen atoms in total.